The first-order chi connectivity index (χ1) is 7.67. The lowest BCUT2D eigenvalue weighted by molar-refractivity contribution is 0.203. The summed E-state index contributed by atoms with van der Waals surface area (Å²) in [5, 5.41) is 8.92. The number of hydrogen-bond acceptors (Lipinski definition) is 2. The van der Waals surface area contributed by atoms with Crippen molar-refractivity contribution < 1.29 is 9.50 Å². The van der Waals surface area contributed by atoms with Crippen molar-refractivity contribution in [2.24, 2.45) is 0 Å². The number of nitrogens with zero attached hydrogens (tertiary/aromatic N) is 1. The summed E-state index contributed by atoms with van der Waals surface area (Å²) in [7, 11) is 0. The standard InChI is InChI=1S/C13H18FNO/c1-3-6-15(7-8-16)10-12-4-5-13(14)9-11(12)2/h3-5,9,16H,1,6-8,10H2,2H3. The van der Waals surface area contributed by atoms with Crippen LogP contribution in [-0.2, 0) is 6.54 Å². The molecule has 1 N–H and O–H groups in total. The largest absolute Gasteiger partial charge is 0.395 e. The van der Waals surface area contributed by atoms with Gasteiger partial charge in [-0.25, -0.2) is 4.39 Å². The maximum atomic E-state index is 12.9. The maximum Gasteiger partial charge on any atom is 0.123 e. The summed E-state index contributed by atoms with van der Waals surface area (Å²) in [5.41, 5.74) is 2.02. The number of hydrogen-bond donors (Lipinski definition) is 1. The van der Waals surface area contributed by atoms with Gasteiger partial charge in [0.1, 0.15) is 5.82 Å². The van der Waals surface area contributed by atoms with Gasteiger partial charge in [0.15, 0.2) is 0 Å². The van der Waals surface area contributed by atoms with Crippen molar-refractivity contribution in [3.05, 3.63) is 47.8 Å². The second kappa shape index (κ2) is 6.40. The van der Waals surface area contributed by atoms with Crippen LogP contribution in [0.2, 0.25) is 0 Å². The highest BCUT2D eigenvalue weighted by atomic mass is 19.1. The minimum atomic E-state index is -0.210. The van der Waals surface area contributed by atoms with Crippen LogP contribution in [-0.4, -0.2) is 29.7 Å². The zero-order chi connectivity index (χ0) is 12.0. The molecule has 88 valence electrons. The third-order valence-electron chi connectivity index (χ3n) is 2.50. The van der Waals surface area contributed by atoms with Crippen molar-refractivity contribution in [3.8, 4) is 0 Å². The summed E-state index contributed by atoms with van der Waals surface area (Å²) in [6.07, 6.45) is 1.80. The molecular weight excluding hydrogens is 205 g/mol. The third-order valence-corrected chi connectivity index (χ3v) is 2.50. The minimum absolute atomic E-state index is 0.119. The molecule has 0 aliphatic rings. The molecule has 0 amide bonds. The smallest absolute Gasteiger partial charge is 0.123 e. The predicted molar refractivity (Wildman–Crippen MR) is 63.7 cm³/mol. The van der Waals surface area contributed by atoms with Crippen molar-refractivity contribution in [1.29, 1.82) is 0 Å². The van der Waals surface area contributed by atoms with Crippen LogP contribution in [0.15, 0.2) is 30.9 Å². The van der Waals surface area contributed by atoms with E-state index < -0.39 is 0 Å². The van der Waals surface area contributed by atoms with Gasteiger partial charge in [-0.3, -0.25) is 4.90 Å². The number of aliphatic hydroxyl groups excluding tert-OH is 1. The Hall–Kier alpha value is -1.19. The maximum absolute atomic E-state index is 12.9. The van der Waals surface area contributed by atoms with E-state index >= 15 is 0 Å². The molecular formula is C13H18FNO. The fourth-order valence-electron chi connectivity index (χ4n) is 1.64. The van der Waals surface area contributed by atoms with E-state index in [1.54, 1.807) is 12.1 Å². The number of halogens is 1. The highest BCUT2D eigenvalue weighted by molar-refractivity contribution is 5.26. The van der Waals surface area contributed by atoms with Crippen molar-refractivity contribution >= 4 is 0 Å². The molecule has 16 heavy (non-hydrogen) atoms. The molecule has 1 rings (SSSR count). The normalized spacial score (nSPS) is 10.8. The lowest BCUT2D eigenvalue weighted by Gasteiger charge is -2.20. The van der Waals surface area contributed by atoms with E-state index in [0.717, 1.165) is 17.7 Å². The Bertz CT molecular complexity index is 352. The van der Waals surface area contributed by atoms with Gasteiger partial charge in [-0.2, -0.15) is 0 Å². The van der Waals surface area contributed by atoms with Crippen molar-refractivity contribution in [2.75, 3.05) is 19.7 Å². The van der Waals surface area contributed by atoms with Crippen LogP contribution in [0.1, 0.15) is 11.1 Å². The van der Waals surface area contributed by atoms with Crippen LogP contribution in [0.25, 0.3) is 0 Å². The molecule has 0 aromatic heterocycles. The molecule has 0 bridgehead atoms. The van der Waals surface area contributed by atoms with E-state index in [2.05, 4.69) is 11.5 Å². The number of rotatable bonds is 6. The Balaban J connectivity index is 2.72. The molecule has 2 nitrogen and oxygen atoms in total. The molecule has 0 saturated carbocycles. The topological polar surface area (TPSA) is 23.5 Å². The molecule has 0 saturated heterocycles. The SMILES string of the molecule is C=CCN(CCO)Cc1ccc(F)cc1C. The summed E-state index contributed by atoms with van der Waals surface area (Å²) in [4.78, 5) is 2.06. The molecule has 0 aliphatic carbocycles. The first-order valence-corrected chi connectivity index (χ1v) is 5.36. The molecule has 1 aromatic carbocycles. The Morgan fingerprint density at radius 2 is 2.25 bits per heavy atom. The summed E-state index contributed by atoms with van der Waals surface area (Å²) < 4.78 is 12.9. The highest BCUT2D eigenvalue weighted by Gasteiger charge is 2.06. The summed E-state index contributed by atoms with van der Waals surface area (Å²) in [6, 6.07) is 4.78. The van der Waals surface area contributed by atoms with E-state index in [1.807, 2.05) is 6.92 Å². The Morgan fingerprint density at radius 3 is 2.81 bits per heavy atom. The van der Waals surface area contributed by atoms with Gasteiger partial charge >= 0.3 is 0 Å². The zero-order valence-electron chi connectivity index (χ0n) is 9.62. The van der Waals surface area contributed by atoms with Crippen molar-refractivity contribution in [2.45, 2.75) is 13.5 Å². The quantitative estimate of drug-likeness (QED) is 0.747. The van der Waals surface area contributed by atoms with Crippen LogP contribution < -0.4 is 0 Å². The van der Waals surface area contributed by atoms with Gasteiger partial charge in [0, 0.05) is 19.6 Å². The molecule has 0 heterocycles. The molecule has 0 fully saturated rings. The molecule has 0 unspecified atom stereocenters. The monoisotopic (exact) mass is 223 g/mol. The van der Waals surface area contributed by atoms with Crippen LogP contribution in [0.4, 0.5) is 4.39 Å². The van der Waals surface area contributed by atoms with Gasteiger partial charge in [-0.1, -0.05) is 12.1 Å². The fourth-order valence-corrected chi connectivity index (χ4v) is 1.64. The molecule has 0 aliphatic heterocycles. The van der Waals surface area contributed by atoms with Crippen LogP contribution >= 0.6 is 0 Å². The summed E-state index contributed by atoms with van der Waals surface area (Å²) in [5.74, 6) is -0.210. The minimum Gasteiger partial charge on any atom is -0.395 e. The molecule has 0 radical (unpaired) electrons. The van der Waals surface area contributed by atoms with Crippen molar-refractivity contribution in [3.63, 3.8) is 0 Å². The van der Waals surface area contributed by atoms with E-state index in [9.17, 15) is 4.39 Å². The number of aryl methyl sites for hydroxylation is 1. The molecule has 1 aromatic rings. The number of aliphatic hydroxyl groups is 1. The zero-order valence-corrected chi connectivity index (χ0v) is 9.62. The molecule has 3 heteroatoms. The molecule has 0 spiro atoms. The van der Waals surface area contributed by atoms with Crippen LogP contribution in [0, 0.1) is 12.7 Å². The van der Waals surface area contributed by atoms with Gasteiger partial charge in [0.25, 0.3) is 0 Å². The lowest BCUT2D eigenvalue weighted by Crippen LogP contribution is -2.26. The van der Waals surface area contributed by atoms with Crippen LogP contribution in [0.3, 0.4) is 0 Å². The first-order valence-electron chi connectivity index (χ1n) is 5.36. The second-order valence-corrected chi connectivity index (χ2v) is 3.82. The Kier molecular flexibility index (Phi) is 5.15. The van der Waals surface area contributed by atoms with E-state index in [4.69, 9.17) is 5.11 Å². The van der Waals surface area contributed by atoms with Crippen molar-refractivity contribution in [1.82, 2.24) is 4.90 Å². The lowest BCUT2D eigenvalue weighted by atomic mass is 10.1. The summed E-state index contributed by atoms with van der Waals surface area (Å²) in [6.45, 7) is 7.72. The summed E-state index contributed by atoms with van der Waals surface area (Å²) >= 11 is 0. The third kappa shape index (κ3) is 3.76. The van der Waals surface area contributed by atoms with Gasteiger partial charge in [0.05, 0.1) is 6.61 Å². The van der Waals surface area contributed by atoms with E-state index in [0.29, 0.717) is 13.1 Å². The van der Waals surface area contributed by atoms with Gasteiger partial charge in [-0.15, -0.1) is 6.58 Å². The van der Waals surface area contributed by atoms with E-state index in [1.165, 1.54) is 12.1 Å². The first kappa shape index (κ1) is 12.9. The second-order valence-electron chi connectivity index (χ2n) is 3.82. The highest BCUT2D eigenvalue weighted by Crippen LogP contribution is 2.12. The van der Waals surface area contributed by atoms with E-state index in [-0.39, 0.29) is 12.4 Å². The van der Waals surface area contributed by atoms with Gasteiger partial charge in [0.2, 0.25) is 0 Å². The number of benzene rings is 1. The van der Waals surface area contributed by atoms with Gasteiger partial charge in [-0.05, 0) is 30.2 Å². The predicted octanol–water partition coefficient (Wildman–Crippen LogP) is 2.11. The average molecular weight is 223 g/mol. The Morgan fingerprint density at radius 1 is 1.50 bits per heavy atom. The molecule has 0 atom stereocenters. The van der Waals surface area contributed by atoms with Gasteiger partial charge < -0.3 is 5.11 Å². The fraction of sp³-hybridized carbons (Fsp3) is 0.385. The van der Waals surface area contributed by atoms with Crippen LogP contribution in [0.5, 0.6) is 0 Å². The average Bonchev–Trinajstić information content (AvgIpc) is 2.23. The Labute approximate surface area is 96.0 Å².